The molecule has 1 aromatic heterocycles. The van der Waals surface area contributed by atoms with Gasteiger partial charge in [-0.25, -0.2) is 0 Å². The van der Waals surface area contributed by atoms with Crippen LogP contribution in [0, 0.1) is 17.0 Å². The molecule has 0 aliphatic carbocycles. The molecule has 1 aliphatic heterocycles. The van der Waals surface area contributed by atoms with Crippen LogP contribution >= 0.6 is 11.8 Å². The Bertz CT molecular complexity index is 804. The molecule has 9 nitrogen and oxygen atoms in total. The maximum atomic E-state index is 12.1. The summed E-state index contributed by atoms with van der Waals surface area (Å²) in [5.41, 5.74) is 0.323. The second-order valence-electron chi connectivity index (χ2n) is 5.92. The minimum absolute atomic E-state index is 0.0672. The number of thioether (sulfide) groups is 1. The number of hydrogen-bond donors (Lipinski definition) is 1. The zero-order valence-corrected chi connectivity index (χ0v) is 15.1. The second-order valence-corrected chi connectivity index (χ2v) is 6.86. The molecule has 1 atom stereocenters. The number of non-ortho nitro benzene ring substituents is 1. The Morgan fingerprint density at radius 2 is 2.35 bits per heavy atom. The highest BCUT2D eigenvalue weighted by Gasteiger charge is 2.20. The molecule has 1 fully saturated rings. The molecule has 2 heterocycles. The van der Waals surface area contributed by atoms with E-state index in [0.29, 0.717) is 17.4 Å². The fourth-order valence-electron chi connectivity index (χ4n) is 2.69. The zero-order valence-electron chi connectivity index (χ0n) is 14.3. The summed E-state index contributed by atoms with van der Waals surface area (Å²) in [5.74, 6) is 0.647. The van der Waals surface area contributed by atoms with Gasteiger partial charge < -0.3 is 14.6 Å². The van der Waals surface area contributed by atoms with Gasteiger partial charge in [0.1, 0.15) is 5.82 Å². The Labute approximate surface area is 154 Å². The van der Waals surface area contributed by atoms with Gasteiger partial charge in [-0.05, 0) is 25.8 Å². The molecule has 3 rings (SSSR count). The number of nitro groups is 1. The van der Waals surface area contributed by atoms with E-state index in [4.69, 9.17) is 4.74 Å². The molecule has 0 saturated carbocycles. The number of nitrogens with one attached hydrogen (secondary N) is 1. The second kappa shape index (κ2) is 8.28. The predicted molar refractivity (Wildman–Crippen MR) is 96.2 cm³/mol. The number of aromatic nitrogens is 3. The zero-order chi connectivity index (χ0) is 18.5. The van der Waals surface area contributed by atoms with Crippen molar-refractivity contribution >= 4 is 29.0 Å². The van der Waals surface area contributed by atoms with E-state index in [1.807, 2.05) is 11.5 Å². The number of carbonyl (C=O) groups is 1. The summed E-state index contributed by atoms with van der Waals surface area (Å²) in [6.07, 6.45) is 2.22. The number of carbonyl (C=O) groups excluding carboxylic acids is 1. The van der Waals surface area contributed by atoms with Crippen molar-refractivity contribution in [1.82, 2.24) is 14.8 Å². The summed E-state index contributed by atoms with van der Waals surface area (Å²) < 4.78 is 7.61. The lowest BCUT2D eigenvalue weighted by Gasteiger charge is -2.13. The van der Waals surface area contributed by atoms with Crippen LogP contribution in [0.3, 0.4) is 0 Å². The van der Waals surface area contributed by atoms with Gasteiger partial charge >= 0.3 is 0 Å². The van der Waals surface area contributed by atoms with Gasteiger partial charge in [0.25, 0.3) is 5.69 Å². The Hall–Kier alpha value is -2.46. The molecule has 0 bridgehead atoms. The summed E-state index contributed by atoms with van der Waals surface area (Å²) >= 11 is 1.28. The summed E-state index contributed by atoms with van der Waals surface area (Å²) in [6, 6.07) is 5.84. The van der Waals surface area contributed by atoms with Crippen molar-refractivity contribution in [3.05, 3.63) is 40.2 Å². The molecule has 26 heavy (non-hydrogen) atoms. The van der Waals surface area contributed by atoms with E-state index in [1.54, 1.807) is 6.07 Å². The molecule has 0 spiro atoms. The molecule has 1 amide bonds. The van der Waals surface area contributed by atoms with Crippen LogP contribution in [0.4, 0.5) is 11.4 Å². The number of rotatable bonds is 7. The third-order valence-electron chi connectivity index (χ3n) is 3.99. The smallest absolute Gasteiger partial charge is 0.271 e. The van der Waals surface area contributed by atoms with E-state index in [0.717, 1.165) is 25.3 Å². The van der Waals surface area contributed by atoms with Gasteiger partial charge in [0, 0.05) is 24.4 Å². The first-order valence-corrected chi connectivity index (χ1v) is 9.20. The van der Waals surface area contributed by atoms with Gasteiger partial charge in [-0.1, -0.05) is 17.8 Å². The molecule has 2 aromatic rings. The SMILES string of the molecule is Cc1nnc(SCC(=O)Nc2cccc([N+](=O)[O-])c2)n1C[C@@H]1CCCO1. The van der Waals surface area contributed by atoms with Crippen LogP contribution in [0.2, 0.25) is 0 Å². The van der Waals surface area contributed by atoms with Gasteiger partial charge in [0.2, 0.25) is 5.91 Å². The van der Waals surface area contributed by atoms with Crippen LogP contribution in [0.15, 0.2) is 29.4 Å². The highest BCUT2D eigenvalue weighted by Crippen LogP contribution is 2.22. The average Bonchev–Trinajstić information content (AvgIpc) is 3.25. The van der Waals surface area contributed by atoms with Crippen molar-refractivity contribution in [2.75, 3.05) is 17.7 Å². The van der Waals surface area contributed by atoms with E-state index in [1.165, 1.54) is 30.0 Å². The largest absolute Gasteiger partial charge is 0.376 e. The van der Waals surface area contributed by atoms with Crippen molar-refractivity contribution in [3.8, 4) is 0 Å². The van der Waals surface area contributed by atoms with E-state index < -0.39 is 4.92 Å². The summed E-state index contributed by atoms with van der Waals surface area (Å²) in [4.78, 5) is 22.4. The van der Waals surface area contributed by atoms with E-state index >= 15 is 0 Å². The van der Waals surface area contributed by atoms with Crippen molar-refractivity contribution in [2.45, 2.75) is 37.6 Å². The first-order chi connectivity index (χ1) is 12.5. The molecule has 1 saturated heterocycles. The summed E-state index contributed by atoms with van der Waals surface area (Å²) in [6.45, 7) is 3.32. The maximum absolute atomic E-state index is 12.1. The average molecular weight is 377 g/mol. The number of nitrogens with zero attached hydrogens (tertiary/aromatic N) is 4. The standard InChI is InChI=1S/C16H19N5O4S/c1-11-18-19-16(20(11)9-14-6-3-7-25-14)26-10-15(22)17-12-4-2-5-13(8-12)21(23)24/h2,4-5,8,14H,3,6-7,9-10H2,1H3,(H,17,22)/t14-/m0/s1. The third kappa shape index (κ3) is 4.58. The fourth-order valence-corrected chi connectivity index (χ4v) is 3.49. The normalized spacial score (nSPS) is 16.6. The lowest BCUT2D eigenvalue weighted by molar-refractivity contribution is -0.384. The predicted octanol–water partition coefficient (Wildman–Crippen LogP) is 2.40. The Morgan fingerprint density at radius 1 is 1.50 bits per heavy atom. The summed E-state index contributed by atoms with van der Waals surface area (Å²) in [7, 11) is 0. The van der Waals surface area contributed by atoms with Gasteiger partial charge in [-0.15, -0.1) is 10.2 Å². The van der Waals surface area contributed by atoms with Crippen LogP contribution in [-0.2, 0) is 16.1 Å². The molecule has 10 heteroatoms. The molecule has 0 unspecified atom stereocenters. The lowest BCUT2D eigenvalue weighted by Crippen LogP contribution is -2.18. The number of benzene rings is 1. The third-order valence-corrected chi connectivity index (χ3v) is 4.95. The van der Waals surface area contributed by atoms with Gasteiger partial charge in [0.15, 0.2) is 5.16 Å². The monoisotopic (exact) mass is 377 g/mol. The van der Waals surface area contributed by atoms with Crippen molar-refractivity contribution in [2.24, 2.45) is 0 Å². The van der Waals surface area contributed by atoms with Crippen LogP contribution in [-0.4, -0.2) is 44.1 Å². The van der Waals surface area contributed by atoms with Gasteiger partial charge in [0.05, 0.1) is 23.3 Å². The minimum Gasteiger partial charge on any atom is -0.376 e. The van der Waals surface area contributed by atoms with Crippen molar-refractivity contribution in [1.29, 1.82) is 0 Å². The van der Waals surface area contributed by atoms with E-state index in [-0.39, 0.29) is 23.5 Å². The topological polar surface area (TPSA) is 112 Å². The van der Waals surface area contributed by atoms with Crippen LogP contribution < -0.4 is 5.32 Å². The summed E-state index contributed by atoms with van der Waals surface area (Å²) in [5, 5.41) is 22.3. The highest BCUT2D eigenvalue weighted by molar-refractivity contribution is 7.99. The van der Waals surface area contributed by atoms with E-state index in [9.17, 15) is 14.9 Å². The number of hydrogen-bond acceptors (Lipinski definition) is 7. The maximum Gasteiger partial charge on any atom is 0.271 e. The Morgan fingerprint density at radius 3 is 3.08 bits per heavy atom. The number of anilines is 1. The van der Waals surface area contributed by atoms with Crippen LogP contribution in [0.5, 0.6) is 0 Å². The minimum atomic E-state index is -0.499. The molecule has 1 aliphatic rings. The Kier molecular flexibility index (Phi) is 5.84. The van der Waals surface area contributed by atoms with E-state index in [2.05, 4.69) is 15.5 Å². The number of nitro benzene ring substituents is 1. The first kappa shape index (κ1) is 18.3. The molecule has 1 N–H and O–H groups in total. The van der Waals surface area contributed by atoms with Gasteiger partial charge in [-0.2, -0.15) is 0 Å². The molecule has 0 radical (unpaired) electrons. The molecular weight excluding hydrogens is 358 g/mol. The van der Waals surface area contributed by atoms with Crippen LogP contribution in [0.1, 0.15) is 18.7 Å². The quantitative estimate of drug-likeness (QED) is 0.448. The van der Waals surface area contributed by atoms with Gasteiger partial charge in [-0.3, -0.25) is 14.9 Å². The molecule has 138 valence electrons. The first-order valence-electron chi connectivity index (χ1n) is 8.21. The number of amides is 1. The highest BCUT2D eigenvalue weighted by atomic mass is 32.2. The van der Waals surface area contributed by atoms with Crippen molar-refractivity contribution < 1.29 is 14.5 Å². The molecule has 1 aromatic carbocycles. The van der Waals surface area contributed by atoms with Crippen molar-refractivity contribution in [3.63, 3.8) is 0 Å². The van der Waals surface area contributed by atoms with Crippen LogP contribution in [0.25, 0.3) is 0 Å². The lowest BCUT2D eigenvalue weighted by atomic mass is 10.2. The molecular formula is C16H19N5O4S. The number of ether oxygens (including phenoxy) is 1. The fraction of sp³-hybridized carbons (Fsp3) is 0.438. The Balaban J connectivity index is 1.58. The number of aryl methyl sites for hydroxylation is 1.